The fourth-order valence-electron chi connectivity index (χ4n) is 2.38. The average molecular weight is 289 g/mol. The third kappa shape index (κ3) is 3.70. The van der Waals surface area contributed by atoms with Crippen LogP contribution in [0.15, 0.2) is 17.5 Å². The Labute approximate surface area is 119 Å². The fraction of sp³-hybridized carbons (Fsp3) is 0.615. The molecule has 0 bridgehead atoms. The molecule has 1 aliphatic carbocycles. The molecule has 0 spiro atoms. The number of rotatable bonds is 4. The molecular formula is C13H21ClN2OS. The van der Waals surface area contributed by atoms with E-state index in [0.717, 1.165) is 32.1 Å². The van der Waals surface area contributed by atoms with Crippen LogP contribution < -0.4 is 11.1 Å². The van der Waals surface area contributed by atoms with Crippen molar-refractivity contribution in [2.24, 2.45) is 5.73 Å². The van der Waals surface area contributed by atoms with Crippen LogP contribution in [-0.4, -0.2) is 17.5 Å². The zero-order valence-corrected chi connectivity index (χ0v) is 12.3. The molecule has 1 aliphatic rings. The van der Waals surface area contributed by atoms with Gasteiger partial charge >= 0.3 is 0 Å². The van der Waals surface area contributed by atoms with Crippen molar-refractivity contribution in [2.75, 3.05) is 0 Å². The Hall–Kier alpha value is -0.580. The number of hydrogen-bond donors (Lipinski definition) is 2. The topological polar surface area (TPSA) is 55.1 Å². The first kappa shape index (κ1) is 15.5. The Kier molecular flexibility index (Phi) is 5.63. The van der Waals surface area contributed by atoms with Gasteiger partial charge in [-0.1, -0.05) is 18.9 Å². The third-order valence-electron chi connectivity index (χ3n) is 3.41. The molecule has 3 N–H and O–H groups in total. The average Bonchev–Trinajstić information content (AvgIpc) is 2.90. The fourth-order valence-corrected chi connectivity index (χ4v) is 3.22. The van der Waals surface area contributed by atoms with Gasteiger partial charge in [-0.05, 0) is 31.2 Å². The summed E-state index contributed by atoms with van der Waals surface area (Å²) >= 11 is 1.73. The van der Waals surface area contributed by atoms with E-state index in [1.807, 2.05) is 13.0 Å². The van der Waals surface area contributed by atoms with Crippen LogP contribution in [0.2, 0.25) is 0 Å². The van der Waals surface area contributed by atoms with E-state index in [-0.39, 0.29) is 24.4 Å². The number of carbonyl (C=O) groups is 1. The van der Waals surface area contributed by atoms with Crippen molar-refractivity contribution in [1.82, 2.24) is 5.32 Å². The number of halogens is 1. The van der Waals surface area contributed by atoms with E-state index in [1.165, 1.54) is 4.88 Å². The lowest BCUT2D eigenvalue weighted by atomic mass is 9.97. The Morgan fingerprint density at radius 2 is 2.22 bits per heavy atom. The minimum Gasteiger partial charge on any atom is -0.352 e. The minimum atomic E-state index is -0.607. The second kappa shape index (κ2) is 6.55. The first-order valence-corrected chi connectivity index (χ1v) is 7.10. The van der Waals surface area contributed by atoms with Gasteiger partial charge in [0.15, 0.2) is 0 Å². The predicted octanol–water partition coefficient (Wildman–Crippen LogP) is 2.49. The zero-order valence-electron chi connectivity index (χ0n) is 10.6. The summed E-state index contributed by atoms with van der Waals surface area (Å²) in [7, 11) is 0. The van der Waals surface area contributed by atoms with Gasteiger partial charge in [0.05, 0.1) is 5.54 Å². The molecule has 0 aliphatic heterocycles. The molecule has 1 aromatic heterocycles. The van der Waals surface area contributed by atoms with Gasteiger partial charge in [0.1, 0.15) is 0 Å². The number of thiophene rings is 1. The van der Waals surface area contributed by atoms with Crippen LogP contribution in [-0.2, 0) is 11.2 Å². The third-order valence-corrected chi connectivity index (χ3v) is 4.31. The second-order valence-corrected chi connectivity index (χ2v) is 6.05. The number of nitrogens with two attached hydrogens (primary N) is 1. The first-order chi connectivity index (χ1) is 8.10. The molecule has 2 rings (SSSR count). The summed E-state index contributed by atoms with van der Waals surface area (Å²) in [5, 5.41) is 5.10. The smallest absolute Gasteiger partial charge is 0.240 e. The lowest BCUT2D eigenvalue weighted by Gasteiger charge is -2.25. The molecule has 1 atom stereocenters. The summed E-state index contributed by atoms with van der Waals surface area (Å²) in [6.07, 6.45) is 4.68. The normalized spacial score (nSPS) is 19.0. The maximum atomic E-state index is 12.1. The van der Waals surface area contributed by atoms with E-state index >= 15 is 0 Å². The van der Waals surface area contributed by atoms with Crippen molar-refractivity contribution in [2.45, 2.75) is 50.6 Å². The predicted molar refractivity (Wildman–Crippen MR) is 78.3 cm³/mol. The molecule has 1 unspecified atom stereocenters. The SMILES string of the molecule is CC(Cc1cccs1)NC(=O)C1(N)CCCC1.Cl. The van der Waals surface area contributed by atoms with Gasteiger partial charge < -0.3 is 11.1 Å². The van der Waals surface area contributed by atoms with Crippen LogP contribution in [0.3, 0.4) is 0 Å². The second-order valence-electron chi connectivity index (χ2n) is 5.02. The van der Waals surface area contributed by atoms with Crippen molar-refractivity contribution in [3.8, 4) is 0 Å². The highest BCUT2D eigenvalue weighted by Gasteiger charge is 2.37. The van der Waals surface area contributed by atoms with E-state index in [1.54, 1.807) is 11.3 Å². The number of carbonyl (C=O) groups excluding carboxylic acids is 1. The van der Waals surface area contributed by atoms with E-state index in [4.69, 9.17) is 5.73 Å². The zero-order chi connectivity index (χ0) is 12.3. The molecule has 1 aromatic rings. The monoisotopic (exact) mass is 288 g/mol. The summed E-state index contributed by atoms with van der Waals surface area (Å²) in [6.45, 7) is 2.04. The number of hydrogen-bond acceptors (Lipinski definition) is 3. The van der Waals surface area contributed by atoms with Crippen molar-refractivity contribution < 1.29 is 4.79 Å². The Morgan fingerprint density at radius 3 is 2.78 bits per heavy atom. The van der Waals surface area contributed by atoms with Crippen molar-refractivity contribution in [3.05, 3.63) is 22.4 Å². The maximum Gasteiger partial charge on any atom is 0.240 e. The Balaban J connectivity index is 0.00000162. The lowest BCUT2D eigenvalue weighted by molar-refractivity contribution is -0.126. The van der Waals surface area contributed by atoms with Gasteiger partial charge in [0.25, 0.3) is 0 Å². The van der Waals surface area contributed by atoms with Crippen LogP contribution >= 0.6 is 23.7 Å². The molecule has 18 heavy (non-hydrogen) atoms. The first-order valence-electron chi connectivity index (χ1n) is 6.22. The highest BCUT2D eigenvalue weighted by Crippen LogP contribution is 2.27. The molecule has 1 saturated carbocycles. The van der Waals surface area contributed by atoms with Gasteiger partial charge in [-0.15, -0.1) is 23.7 Å². The number of amides is 1. The maximum absolute atomic E-state index is 12.1. The quantitative estimate of drug-likeness (QED) is 0.894. The molecule has 5 heteroatoms. The van der Waals surface area contributed by atoms with E-state index in [9.17, 15) is 4.79 Å². The molecule has 0 aromatic carbocycles. The lowest BCUT2D eigenvalue weighted by Crippen LogP contribution is -2.54. The van der Waals surface area contributed by atoms with Gasteiger partial charge in [0, 0.05) is 17.3 Å². The van der Waals surface area contributed by atoms with Crippen molar-refractivity contribution in [3.63, 3.8) is 0 Å². The Bertz CT molecular complexity index is 374. The van der Waals surface area contributed by atoms with E-state index in [2.05, 4.69) is 16.8 Å². The van der Waals surface area contributed by atoms with Gasteiger partial charge in [-0.3, -0.25) is 4.79 Å². The summed E-state index contributed by atoms with van der Waals surface area (Å²) in [6, 6.07) is 4.29. The van der Waals surface area contributed by atoms with Gasteiger partial charge in [0.2, 0.25) is 5.91 Å². The number of nitrogens with one attached hydrogen (secondary N) is 1. The molecular weight excluding hydrogens is 268 g/mol. The summed E-state index contributed by atoms with van der Waals surface area (Å²) < 4.78 is 0. The molecule has 102 valence electrons. The van der Waals surface area contributed by atoms with Gasteiger partial charge in [-0.2, -0.15) is 0 Å². The highest BCUT2D eigenvalue weighted by atomic mass is 35.5. The van der Waals surface area contributed by atoms with Crippen molar-refractivity contribution in [1.29, 1.82) is 0 Å². The van der Waals surface area contributed by atoms with Crippen LogP contribution in [0.25, 0.3) is 0 Å². The molecule has 1 heterocycles. The van der Waals surface area contributed by atoms with Crippen LogP contribution in [0.4, 0.5) is 0 Å². The van der Waals surface area contributed by atoms with Crippen LogP contribution in [0.1, 0.15) is 37.5 Å². The molecule has 0 saturated heterocycles. The highest BCUT2D eigenvalue weighted by molar-refractivity contribution is 7.09. The van der Waals surface area contributed by atoms with E-state index in [0.29, 0.717) is 0 Å². The van der Waals surface area contributed by atoms with Crippen LogP contribution in [0.5, 0.6) is 0 Å². The molecule has 1 amide bonds. The Morgan fingerprint density at radius 1 is 1.56 bits per heavy atom. The van der Waals surface area contributed by atoms with E-state index < -0.39 is 5.54 Å². The summed E-state index contributed by atoms with van der Waals surface area (Å²) in [5.74, 6) is 0.0269. The minimum absolute atomic E-state index is 0. The standard InChI is InChI=1S/C13H20N2OS.ClH/c1-10(9-11-5-4-8-17-11)15-12(16)13(14)6-2-3-7-13;/h4-5,8,10H,2-3,6-7,9,14H2,1H3,(H,15,16);1H. The summed E-state index contributed by atoms with van der Waals surface area (Å²) in [5.41, 5.74) is 5.51. The van der Waals surface area contributed by atoms with Crippen LogP contribution in [0, 0.1) is 0 Å². The largest absolute Gasteiger partial charge is 0.352 e. The summed E-state index contributed by atoms with van der Waals surface area (Å²) in [4.78, 5) is 13.4. The molecule has 0 radical (unpaired) electrons. The molecule has 1 fully saturated rings. The van der Waals surface area contributed by atoms with Crippen molar-refractivity contribution >= 4 is 29.7 Å². The molecule has 3 nitrogen and oxygen atoms in total. The van der Waals surface area contributed by atoms with Gasteiger partial charge in [-0.25, -0.2) is 0 Å².